The third-order valence-corrected chi connectivity index (χ3v) is 7.54. The number of hydrogen-bond acceptors (Lipinski definition) is 6. The molecule has 1 N–H and O–H groups in total. The second-order valence-corrected chi connectivity index (χ2v) is 10.3. The minimum Gasteiger partial charge on any atom is -0.468 e. The maximum atomic E-state index is 13.1. The minimum absolute atomic E-state index is 0.103. The number of sulfonamides is 1. The fourth-order valence-corrected chi connectivity index (χ4v) is 5.50. The average molecular weight is 534 g/mol. The lowest BCUT2D eigenvalue weighted by molar-refractivity contribution is -0.141. The van der Waals surface area contributed by atoms with Gasteiger partial charge < -0.3 is 9.30 Å². The standard InChI is InChI=1S/C23H17ClFN3O5S2/c1-33-21(29)13-28-19-11-4-15(24)12-20(19)34-23(28)26-22(30)14-2-7-17(8-3-14)27-35(31,32)18-9-5-16(25)6-10-18/h2-12,27H,13H2,1H3. The van der Waals surface area contributed by atoms with E-state index >= 15 is 0 Å². The summed E-state index contributed by atoms with van der Waals surface area (Å²) in [5.74, 6) is -1.65. The second-order valence-electron chi connectivity index (χ2n) is 7.21. The predicted octanol–water partition coefficient (Wildman–Crippen LogP) is 4.21. The fourth-order valence-electron chi connectivity index (χ4n) is 3.14. The van der Waals surface area contributed by atoms with Gasteiger partial charge in [-0.3, -0.25) is 14.3 Å². The van der Waals surface area contributed by atoms with E-state index in [2.05, 4.69) is 9.71 Å². The van der Waals surface area contributed by atoms with Gasteiger partial charge in [0.25, 0.3) is 15.9 Å². The van der Waals surface area contributed by atoms with Gasteiger partial charge in [-0.05, 0) is 66.7 Å². The lowest BCUT2D eigenvalue weighted by atomic mass is 10.2. The highest BCUT2D eigenvalue weighted by atomic mass is 35.5. The molecule has 0 atom stereocenters. The van der Waals surface area contributed by atoms with E-state index in [1.807, 2.05) is 0 Å². The maximum Gasteiger partial charge on any atom is 0.325 e. The van der Waals surface area contributed by atoms with E-state index in [1.54, 1.807) is 22.8 Å². The van der Waals surface area contributed by atoms with E-state index in [-0.39, 0.29) is 27.5 Å². The highest BCUT2D eigenvalue weighted by molar-refractivity contribution is 7.92. The Morgan fingerprint density at radius 3 is 2.43 bits per heavy atom. The number of thiazole rings is 1. The Hall–Kier alpha value is -3.54. The summed E-state index contributed by atoms with van der Waals surface area (Å²) in [6.07, 6.45) is 0. The first kappa shape index (κ1) is 24.6. The van der Waals surface area contributed by atoms with E-state index < -0.39 is 27.7 Å². The summed E-state index contributed by atoms with van der Waals surface area (Å²) in [6, 6.07) is 15.2. The monoisotopic (exact) mass is 533 g/mol. The van der Waals surface area contributed by atoms with Crippen LogP contribution in [0.3, 0.4) is 0 Å². The molecule has 12 heteroatoms. The number of rotatable bonds is 6. The van der Waals surface area contributed by atoms with Gasteiger partial charge in [0.2, 0.25) is 0 Å². The number of halogens is 2. The molecule has 0 radical (unpaired) electrons. The number of carbonyl (C=O) groups excluding carboxylic acids is 2. The topological polar surface area (TPSA) is 107 Å². The molecule has 0 aliphatic heterocycles. The molecule has 4 aromatic rings. The molecular weight excluding hydrogens is 517 g/mol. The van der Waals surface area contributed by atoms with Crippen molar-refractivity contribution in [1.82, 2.24) is 4.57 Å². The van der Waals surface area contributed by atoms with E-state index in [1.165, 1.54) is 42.7 Å². The summed E-state index contributed by atoms with van der Waals surface area (Å²) < 4.78 is 47.4. The summed E-state index contributed by atoms with van der Waals surface area (Å²) in [5.41, 5.74) is 1.08. The van der Waals surface area contributed by atoms with Crippen molar-refractivity contribution in [2.45, 2.75) is 11.4 Å². The highest BCUT2D eigenvalue weighted by Gasteiger charge is 2.16. The molecule has 0 aliphatic carbocycles. The normalized spacial score (nSPS) is 12.0. The van der Waals surface area contributed by atoms with Crippen LogP contribution >= 0.6 is 22.9 Å². The summed E-state index contributed by atoms with van der Waals surface area (Å²) in [6.45, 7) is -0.144. The van der Waals surface area contributed by atoms with Gasteiger partial charge in [-0.1, -0.05) is 22.9 Å². The van der Waals surface area contributed by atoms with E-state index in [0.717, 1.165) is 29.0 Å². The predicted molar refractivity (Wildman–Crippen MR) is 130 cm³/mol. The van der Waals surface area contributed by atoms with Crippen LogP contribution in [-0.2, 0) is 26.1 Å². The van der Waals surface area contributed by atoms with Gasteiger partial charge in [0.05, 0.1) is 22.2 Å². The number of ether oxygens (including phenoxy) is 1. The number of esters is 1. The fraction of sp³-hybridized carbons (Fsp3) is 0.0870. The van der Waals surface area contributed by atoms with Crippen molar-refractivity contribution in [1.29, 1.82) is 0 Å². The zero-order chi connectivity index (χ0) is 25.2. The number of benzene rings is 3. The first-order valence-electron chi connectivity index (χ1n) is 9.99. The van der Waals surface area contributed by atoms with Crippen molar-refractivity contribution in [2.24, 2.45) is 4.99 Å². The molecule has 8 nitrogen and oxygen atoms in total. The third-order valence-electron chi connectivity index (χ3n) is 4.86. The number of amides is 1. The van der Waals surface area contributed by atoms with E-state index in [0.29, 0.717) is 10.5 Å². The number of carbonyl (C=O) groups is 2. The Morgan fingerprint density at radius 1 is 1.09 bits per heavy atom. The van der Waals surface area contributed by atoms with Crippen LogP contribution in [0, 0.1) is 5.82 Å². The average Bonchev–Trinajstić information content (AvgIpc) is 3.15. The van der Waals surface area contributed by atoms with Gasteiger partial charge in [0, 0.05) is 16.3 Å². The maximum absolute atomic E-state index is 13.1. The van der Waals surface area contributed by atoms with Gasteiger partial charge in [-0.2, -0.15) is 4.99 Å². The third kappa shape index (κ3) is 5.59. The molecule has 1 heterocycles. The highest BCUT2D eigenvalue weighted by Crippen LogP contribution is 2.22. The van der Waals surface area contributed by atoms with Crippen molar-refractivity contribution < 1.29 is 27.1 Å². The number of nitrogens with zero attached hydrogens (tertiary/aromatic N) is 2. The van der Waals surface area contributed by atoms with Crippen LogP contribution < -0.4 is 9.52 Å². The summed E-state index contributed by atoms with van der Waals surface area (Å²) in [5, 5.41) is 0.500. The Morgan fingerprint density at radius 2 is 1.77 bits per heavy atom. The van der Waals surface area contributed by atoms with Crippen LogP contribution in [-0.4, -0.2) is 32.0 Å². The lowest BCUT2D eigenvalue weighted by Crippen LogP contribution is -2.22. The molecule has 0 saturated carbocycles. The van der Waals surface area contributed by atoms with Crippen molar-refractivity contribution >= 4 is 60.7 Å². The number of aromatic nitrogens is 1. The quantitative estimate of drug-likeness (QED) is 0.374. The molecule has 0 aliphatic rings. The Balaban J connectivity index is 1.62. The molecule has 4 rings (SSSR count). The number of nitrogens with one attached hydrogen (secondary N) is 1. The van der Waals surface area contributed by atoms with Gasteiger partial charge in [0.15, 0.2) is 4.80 Å². The van der Waals surface area contributed by atoms with Crippen molar-refractivity contribution in [3.05, 3.63) is 87.9 Å². The van der Waals surface area contributed by atoms with E-state index in [9.17, 15) is 22.4 Å². The molecule has 3 aromatic carbocycles. The molecule has 1 aromatic heterocycles. The van der Waals surface area contributed by atoms with Crippen LogP contribution in [0.5, 0.6) is 0 Å². The minimum atomic E-state index is -3.93. The Labute approximate surface area is 208 Å². The Kier molecular flexibility index (Phi) is 7.01. The van der Waals surface area contributed by atoms with Crippen LogP contribution in [0.15, 0.2) is 76.6 Å². The largest absolute Gasteiger partial charge is 0.468 e. The molecule has 35 heavy (non-hydrogen) atoms. The molecule has 180 valence electrons. The van der Waals surface area contributed by atoms with Crippen molar-refractivity contribution in [3.63, 3.8) is 0 Å². The molecule has 0 spiro atoms. The molecule has 0 saturated heterocycles. The first-order valence-corrected chi connectivity index (χ1v) is 12.7. The van der Waals surface area contributed by atoms with Crippen LogP contribution in [0.4, 0.5) is 10.1 Å². The lowest BCUT2D eigenvalue weighted by Gasteiger charge is -2.08. The van der Waals surface area contributed by atoms with Crippen molar-refractivity contribution in [3.8, 4) is 0 Å². The summed E-state index contributed by atoms with van der Waals surface area (Å²) in [7, 11) is -2.67. The summed E-state index contributed by atoms with van der Waals surface area (Å²) in [4.78, 5) is 29.1. The number of anilines is 1. The first-order chi connectivity index (χ1) is 16.7. The van der Waals surface area contributed by atoms with E-state index in [4.69, 9.17) is 16.3 Å². The summed E-state index contributed by atoms with van der Waals surface area (Å²) >= 11 is 7.25. The molecule has 0 unspecified atom stereocenters. The van der Waals surface area contributed by atoms with Gasteiger partial charge >= 0.3 is 5.97 Å². The van der Waals surface area contributed by atoms with Gasteiger partial charge in [-0.15, -0.1) is 0 Å². The number of fused-ring (bicyclic) bond motifs is 1. The molecular formula is C23H17ClFN3O5S2. The Bertz CT molecular complexity index is 1600. The molecule has 0 bridgehead atoms. The van der Waals surface area contributed by atoms with Crippen LogP contribution in [0.25, 0.3) is 10.2 Å². The van der Waals surface area contributed by atoms with Crippen molar-refractivity contribution in [2.75, 3.05) is 11.8 Å². The molecule has 1 amide bonds. The number of methoxy groups -OCH3 is 1. The smallest absolute Gasteiger partial charge is 0.325 e. The zero-order valence-corrected chi connectivity index (χ0v) is 20.5. The van der Waals surface area contributed by atoms with Crippen LogP contribution in [0.1, 0.15) is 10.4 Å². The van der Waals surface area contributed by atoms with Gasteiger partial charge in [0.1, 0.15) is 12.4 Å². The number of hydrogen-bond donors (Lipinski definition) is 1. The second kappa shape index (κ2) is 9.98. The van der Waals surface area contributed by atoms with Crippen LogP contribution in [0.2, 0.25) is 5.02 Å². The SMILES string of the molecule is COC(=O)Cn1c(=NC(=O)c2ccc(NS(=O)(=O)c3ccc(F)cc3)cc2)sc2cc(Cl)ccc21. The van der Waals surface area contributed by atoms with Gasteiger partial charge in [-0.25, -0.2) is 12.8 Å². The molecule has 0 fully saturated rings. The zero-order valence-electron chi connectivity index (χ0n) is 18.1.